The Balaban J connectivity index is 1.49. The van der Waals surface area contributed by atoms with Gasteiger partial charge in [0.2, 0.25) is 0 Å². The van der Waals surface area contributed by atoms with E-state index in [-0.39, 0.29) is 29.6 Å². The van der Waals surface area contributed by atoms with E-state index in [1.165, 1.54) is 24.4 Å². The highest BCUT2D eigenvalue weighted by atomic mass is 19.2. The largest absolute Gasteiger partial charge is 0.349 e. The molecular formula is C24H20F3N3O2. The Morgan fingerprint density at radius 2 is 1.72 bits per heavy atom. The molecule has 0 unspecified atom stereocenters. The summed E-state index contributed by atoms with van der Waals surface area (Å²) in [7, 11) is 0. The normalized spacial score (nSPS) is 13.0. The predicted molar refractivity (Wildman–Crippen MR) is 112 cm³/mol. The van der Waals surface area contributed by atoms with Crippen molar-refractivity contribution >= 4 is 11.8 Å². The van der Waals surface area contributed by atoms with Crippen LogP contribution in [0.3, 0.4) is 0 Å². The summed E-state index contributed by atoms with van der Waals surface area (Å²) >= 11 is 0. The first-order chi connectivity index (χ1) is 15.3. The van der Waals surface area contributed by atoms with Gasteiger partial charge in [0.25, 0.3) is 11.8 Å². The monoisotopic (exact) mass is 439 g/mol. The van der Waals surface area contributed by atoms with Crippen LogP contribution < -0.4 is 10.6 Å². The van der Waals surface area contributed by atoms with E-state index in [0.717, 1.165) is 25.0 Å². The minimum Gasteiger partial charge on any atom is -0.349 e. The molecule has 3 aromatic rings. The number of hydrogen-bond donors (Lipinski definition) is 2. The van der Waals surface area contributed by atoms with Gasteiger partial charge in [0.15, 0.2) is 11.6 Å². The number of pyridine rings is 1. The van der Waals surface area contributed by atoms with E-state index in [1.807, 2.05) is 0 Å². The van der Waals surface area contributed by atoms with Crippen molar-refractivity contribution in [3.8, 4) is 11.3 Å². The lowest BCUT2D eigenvalue weighted by Gasteiger charge is -2.11. The molecule has 5 nitrogen and oxygen atoms in total. The molecule has 0 radical (unpaired) electrons. The van der Waals surface area contributed by atoms with E-state index in [2.05, 4.69) is 15.6 Å². The molecule has 2 N–H and O–H groups in total. The highest BCUT2D eigenvalue weighted by Crippen LogP contribution is 2.27. The zero-order valence-electron chi connectivity index (χ0n) is 17.2. The molecular weight excluding hydrogens is 419 g/mol. The smallest absolute Gasteiger partial charge is 0.253 e. The molecule has 1 saturated carbocycles. The van der Waals surface area contributed by atoms with Gasteiger partial charge in [-0.15, -0.1) is 0 Å². The van der Waals surface area contributed by atoms with Crippen LogP contribution in [0.4, 0.5) is 13.2 Å². The molecule has 1 aliphatic carbocycles. The van der Waals surface area contributed by atoms with E-state index in [4.69, 9.17) is 0 Å². The van der Waals surface area contributed by atoms with Gasteiger partial charge in [-0.05, 0) is 67.3 Å². The third-order valence-electron chi connectivity index (χ3n) is 5.26. The number of nitrogens with zero attached hydrogens (tertiary/aromatic N) is 1. The molecule has 1 aliphatic rings. The van der Waals surface area contributed by atoms with Crippen LogP contribution in [0.2, 0.25) is 0 Å². The van der Waals surface area contributed by atoms with Crippen LogP contribution in [0.25, 0.3) is 11.3 Å². The second-order valence-electron chi connectivity index (χ2n) is 7.74. The van der Waals surface area contributed by atoms with Crippen molar-refractivity contribution in [3.05, 3.63) is 88.4 Å². The lowest BCUT2D eigenvalue weighted by atomic mass is 10.00. The topological polar surface area (TPSA) is 71.1 Å². The maximum atomic E-state index is 14.4. The highest BCUT2D eigenvalue weighted by molar-refractivity contribution is 5.96. The molecule has 4 rings (SSSR count). The number of carbonyl (C=O) groups is 2. The van der Waals surface area contributed by atoms with E-state index in [0.29, 0.717) is 22.4 Å². The van der Waals surface area contributed by atoms with Gasteiger partial charge in [0.05, 0.1) is 11.3 Å². The molecule has 1 fully saturated rings. The molecule has 0 spiro atoms. The maximum Gasteiger partial charge on any atom is 0.253 e. The van der Waals surface area contributed by atoms with Crippen molar-refractivity contribution in [1.82, 2.24) is 15.6 Å². The van der Waals surface area contributed by atoms with Crippen molar-refractivity contribution in [2.24, 2.45) is 0 Å². The summed E-state index contributed by atoms with van der Waals surface area (Å²) in [6, 6.07) is 9.42. The fraction of sp³-hybridized carbons (Fsp3) is 0.208. The van der Waals surface area contributed by atoms with Crippen molar-refractivity contribution in [3.63, 3.8) is 0 Å². The molecule has 0 aliphatic heterocycles. The average molecular weight is 439 g/mol. The minimum absolute atomic E-state index is 0.0141. The van der Waals surface area contributed by atoms with Crippen molar-refractivity contribution in [1.29, 1.82) is 0 Å². The molecule has 0 saturated heterocycles. The predicted octanol–water partition coefficient (Wildman–Crippen LogP) is 4.30. The average Bonchev–Trinajstić information content (AvgIpc) is 3.60. The number of carbonyl (C=O) groups excluding carboxylic acids is 2. The second kappa shape index (κ2) is 8.82. The fourth-order valence-corrected chi connectivity index (χ4v) is 3.19. The summed E-state index contributed by atoms with van der Waals surface area (Å²) in [6.07, 6.45) is 3.19. The molecule has 8 heteroatoms. The lowest BCUT2D eigenvalue weighted by Crippen LogP contribution is -2.25. The van der Waals surface area contributed by atoms with Crippen LogP contribution in [0.1, 0.15) is 44.7 Å². The van der Waals surface area contributed by atoms with Gasteiger partial charge >= 0.3 is 0 Å². The number of halogens is 3. The number of benzene rings is 2. The summed E-state index contributed by atoms with van der Waals surface area (Å²) in [4.78, 5) is 28.9. The molecule has 2 aromatic carbocycles. The van der Waals surface area contributed by atoms with Crippen LogP contribution in [0, 0.1) is 24.4 Å². The first kappa shape index (κ1) is 21.5. The molecule has 1 heterocycles. The van der Waals surface area contributed by atoms with Crippen LogP contribution in [-0.4, -0.2) is 22.8 Å². The molecule has 0 bridgehead atoms. The quantitative estimate of drug-likeness (QED) is 0.602. The summed E-state index contributed by atoms with van der Waals surface area (Å²) in [5.74, 6) is -3.24. The Morgan fingerprint density at radius 1 is 0.938 bits per heavy atom. The Kier molecular flexibility index (Phi) is 5.94. The first-order valence-electron chi connectivity index (χ1n) is 10.1. The summed E-state index contributed by atoms with van der Waals surface area (Å²) in [5.41, 5.74) is 2.09. The van der Waals surface area contributed by atoms with Gasteiger partial charge in [-0.3, -0.25) is 14.6 Å². The number of rotatable bonds is 6. The van der Waals surface area contributed by atoms with Crippen molar-refractivity contribution in [2.75, 3.05) is 0 Å². The number of nitrogens with one attached hydrogen (secondary N) is 2. The van der Waals surface area contributed by atoms with E-state index in [1.54, 1.807) is 19.1 Å². The third-order valence-corrected chi connectivity index (χ3v) is 5.26. The number of aromatic nitrogens is 1. The fourth-order valence-electron chi connectivity index (χ4n) is 3.19. The van der Waals surface area contributed by atoms with E-state index < -0.39 is 23.4 Å². The number of hydrogen-bond acceptors (Lipinski definition) is 3. The second-order valence-corrected chi connectivity index (χ2v) is 7.74. The molecule has 0 atom stereocenters. The van der Waals surface area contributed by atoms with Gasteiger partial charge in [-0.25, -0.2) is 13.2 Å². The zero-order chi connectivity index (χ0) is 22.8. The van der Waals surface area contributed by atoms with Crippen molar-refractivity contribution in [2.45, 2.75) is 32.4 Å². The third kappa shape index (κ3) is 4.80. The van der Waals surface area contributed by atoms with Crippen LogP contribution in [-0.2, 0) is 6.54 Å². The standard InChI is InChI=1S/C24H20F3N3O2/c1-13-18(9-16(10-20(13)26)24(32)30-17-4-5-17)22-7-3-15(12-28-22)23(31)29-11-14-2-6-19(25)21(27)8-14/h2-3,6-10,12,17H,4-5,11H2,1H3,(H,29,31)(H,30,32). The first-order valence-corrected chi connectivity index (χ1v) is 10.1. The van der Waals surface area contributed by atoms with E-state index in [9.17, 15) is 22.8 Å². The van der Waals surface area contributed by atoms with Gasteiger partial charge in [0, 0.05) is 29.9 Å². The van der Waals surface area contributed by atoms with Crippen LogP contribution >= 0.6 is 0 Å². The summed E-state index contributed by atoms with van der Waals surface area (Å²) in [6.45, 7) is 1.61. The van der Waals surface area contributed by atoms with Gasteiger partial charge in [-0.1, -0.05) is 6.07 Å². The molecule has 164 valence electrons. The minimum atomic E-state index is -0.988. The van der Waals surface area contributed by atoms with Crippen LogP contribution in [0.15, 0.2) is 48.7 Å². The summed E-state index contributed by atoms with van der Waals surface area (Å²) < 4.78 is 40.7. The Morgan fingerprint density at radius 3 is 2.38 bits per heavy atom. The molecule has 2 amide bonds. The maximum absolute atomic E-state index is 14.4. The SMILES string of the molecule is Cc1c(F)cc(C(=O)NC2CC2)cc1-c1ccc(C(=O)NCc2ccc(F)c(F)c2)cn1. The highest BCUT2D eigenvalue weighted by Gasteiger charge is 2.24. The van der Waals surface area contributed by atoms with Gasteiger partial charge in [-0.2, -0.15) is 0 Å². The zero-order valence-corrected chi connectivity index (χ0v) is 17.2. The Labute approximate surface area is 182 Å². The van der Waals surface area contributed by atoms with Gasteiger partial charge < -0.3 is 10.6 Å². The molecule has 32 heavy (non-hydrogen) atoms. The van der Waals surface area contributed by atoms with Crippen molar-refractivity contribution < 1.29 is 22.8 Å². The van der Waals surface area contributed by atoms with E-state index >= 15 is 0 Å². The number of amides is 2. The van der Waals surface area contributed by atoms with Gasteiger partial charge in [0.1, 0.15) is 5.82 Å². The Hall–Kier alpha value is -3.68. The van der Waals surface area contributed by atoms with Crippen LogP contribution in [0.5, 0.6) is 0 Å². The molecule has 1 aromatic heterocycles. The summed E-state index contributed by atoms with van der Waals surface area (Å²) in [5, 5.41) is 5.44. The Bertz CT molecular complexity index is 1190. The lowest BCUT2D eigenvalue weighted by molar-refractivity contribution is 0.0942.